The van der Waals surface area contributed by atoms with Crippen LogP contribution < -0.4 is 5.32 Å². The van der Waals surface area contributed by atoms with Crippen molar-refractivity contribution in [1.82, 2.24) is 19.5 Å². The van der Waals surface area contributed by atoms with Crippen LogP contribution in [0.4, 0.5) is 10.6 Å². The van der Waals surface area contributed by atoms with E-state index in [1.165, 1.54) is 5.56 Å². The quantitative estimate of drug-likeness (QED) is 0.230. The largest absolute Gasteiger partial charge is 0.444 e. The Labute approximate surface area is 228 Å². The molecule has 3 aromatic heterocycles. The minimum absolute atomic E-state index is 0.110. The van der Waals surface area contributed by atoms with Crippen LogP contribution in [-0.4, -0.2) is 45.9 Å². The third-order valence-corrected chi connectivity index (χ3v) is 8.17. The molecular weight excluding hydrogens is 550 g/mol. The van der Waals surface area contributed by atoms with Gasteiger partial charge < -0.3 is 14.0 Å². The Bertz CT molecular complexity index is 1250. The summed E-state index contributed by atoms with van der Waals surface area (Å²) in [6.45, 7) is 13.7. The summed E-state index contributed by atoms with van der Waals surface area (Å²) in [4.78, 5) is 26.3. The number of halogens is 1. The van der Waals surface area contributed by atoms with E-state index in [2.05, 4.69) is 56.5 Å². The van der Waals surface area contributed by atoms with Gasteiger partial charge in [0.15, 0.2) is 0 Å². The minimum atomic E-state index is -1.18. The summed E-state index contributed by atoms with van der Waals surface area (Å²) < 4.78 is 14.5. The van der Waals surface area contributed by atoms with Crippen molar-refractivity contribution in [2.24, 2.45) is 0 Å². The Balaban J connectivity index is 1.56. The maximum Gasteiger partial charge on any atom is 0.413 e. The number of amides is 1. The third-order valence-electron chi connectivity index (χ3n) is 6.03. The number of imidazole rings is 1. The van der Waals surface area contributed by atoms with E-state index in [0.29, 0.717) is 12.5 Å². The molecule has 10 heteroatoms. The van der Waals surface area contributed by atoms with Crippen molar-refractivity contribution in [3.63, 3.8) is 0 Å². The van der Waals surface area contributed by atoms with Gasteiger partial charge in [0.25, 0.3) is 0 Å². The third kappa shape index (κ3) is 7.49. The first-order chi connectivity index (χ1) is 17.4. The highest BCUT2D eigenvalue weighted by atomic mass is 79.9. The number of anilines is 1. The fourth-order valence-corrected chi connectivity index (χ4v) is 5.35. The predicted octanol–water partition coefficient (Wildman–Crippen LogP) is 6.84. The van der Waals surface area contributed by atoms with Crippen molar-refractivity contribution in [3.8, 4) is 11.3 Å². The smallest absolute Gasteiger partial charge is 0.413 e. The molecule has 1 aliphatic carbocycles. The Hall–Kier alpha value is -2.56. The van der Waals surface area contributed by atoms with E-state index < -0.39 is 19.8 Å². The number of ether oxygens (including phenoxy) is 2. The Morgan fingerprint density at radius 3 is 2.68 bits per heavy atom. The topological polar surface area (TPSA) is 91.2 Å². The number of rotatable bonds is 8. The normalized spacial score (nSPS) is 15.5. The van der Waals surface area contributed by atoms with E-state index >= 15 is 0 Å². The highest BCUT2D eigenvalue weighted by Crippen LogP contribution is 2.38. The molecule has 0 aromatic carbocycles. The summed E-state index contributed by atoms with van der Waals surface area (Å²) in [5.74, 6) is 1.48. The minimum Gasteiger partial charge on any atom is -0.444 e. The van der Waals surface area contributed by atoms with Crippen LogP contribution in [0, 0.1) is 0 Å². The predicted molar refractivity (Wildman–Crippen MR) is 152 cm³/mol. The maximum atomic E-state index is 12.1. The standard InChI is InChI=1S/C27H36BrN5O3Si/c1-27(2,3)36-26(34)32-23-10-8-19(14-29-23)22-16-33(17-35-11-12-37(4,5)6)25(31-22)21-9-7-18-13-20(28)15-30-24(18)21/h8,10,13-16,21H,7,9,11-12,17H2,1-6H3,(H,29,32,34). The molecule has 198 valence electrons. The summed E-state index contributed by atoms with van der Waals surface area (Å²) >= 11 is 3.54. The van der Waals surface area contributed by atoms with Crippen molar-refractivity contribution in [2.75, 3.05) is 11.9 Å². The van der Waals surface area contributed by atoms with Gasteiger partial charge in [0, 0.05) is 43.3 Å². The second-order valence-electron chi connectivity index (χ2n) is 11.7. The molecule has 3 heterocycles. The lowest BCUT2D eigenvalue weighted by Gasteiger charge is -2.19. The van der Waals surface area contributed by atoms with Crippen LogP contribution in [0.1, 0.15) is 50.2 Å². The van der Waals surface area contributed by atoms with E-state index in [-0.39, 0.29) is 5.92 Å². The molecule has 0 bridgehead atoms. The van der Waals surface area contributed by atoms with E-state index in [0.717, 1.165) is 52.7 Å². The zero-order valence-electron chi connectivity index (χ0n) is 22.5. The monoisotopic (exact) mass is 585 g/mol. The van der Waals surface area contributed by atoms with E-state index in [9.17, 15) is 4.79 Å². The fourth-order valence-electron chi connectivity index (χ4n) is 4.21. The molecule has 0 saturated heterocycles. The van der Waals surface area contributed by atoms with Gasteiger partial charge in [-0.25, -0.2) is 14.8 Å². The molecule has 0 aliphatic heterocycles. The number of nitrogens with zero attached hydrogens (tertiary/aromatic N) is 4. The lowest BCUT2D eigenvalue weighted by Crippen LogP contribution is -2.27. The summed E-state index contributed by atoms with van der Waals surface area (Å²) in [6, 6.07) is 6.93. The van der Waals surface area contributed by atoms with Gasteiger partial charge in [0.2, 0.25) is 0 Å². The lowest BCUT2D eigenvalue weighted by atomic mass is 10.1. The number of carbonyl (C=O) groups excluding carboxylic acids is 1. The number of carbonyl (C=O) groups is 1. The molecule has 1 unspecified atom stereocenters. The zero-order chi connectivity index (χ0) is 26.8. The van der Waals surface area contributed by atoms with Gasteiger partial charge >= 0.3 is 6.09 Å². The summed E-state index contributed by atoms with van der Waals surface area (Å²) in [5.41, 5.74) is 3.44. The van der Waals surface area contributed by atoms with Crippen LogP contribution in [0.15, 0.2) is 41.3 Å². The number of aryl methyl sites for hydroxylation is 1. The first-order valence-electron chi connectivity index (χ1n) is 12.6. The van der Waals surface area contributed by atoms with Crippen LogP contribution in [0.2, 0.25) is 25.7 Å². The summed E-state index contributed by atoms with van der Waals surface area (Å²) in [5, 5.41) is 2.67. The number of hydrogen-bond acceptors (Lipinski definition) is 6. The zero-order valence-corrected chi connectivity index (χ0v) is 25.1. The number of nitrogens with one attached hydrogen (secondary N) is 1. The van der Waals surface area contributed by atoms with Crippen LogP contribution in [0.3, 0.4) is 0 Å². The van der Waals surface area contributed by atoms with Gasteiger partial charge in [-0.3, -0.25) is 10.3 Å². The second kappa shape index (κ2) is 11.0. The van der Waals surface area contributed by atoms with Crippen molar-refractivity contribution in [3.05, 3.63) is 58.3 Å². The number of pyridine rings is 2. The molecule has 0 saturated carbocycles. The molecule has 0 fully saturated rings. The molecule has 1 aliphatic rings. The average Bonchev–Trinajstić information content (AvgIpc) is 3.39. The average molecular weight is 587 g/mol. The Kier molecular flexibility index (Phi) is 8.20. The number of aromatic nitrogens is 4. The lowest BCUT2D eigenvalue weighted by molar-refractivity contribution is 0.0635. The van der Waals surface area contributed by atoms with Gasteiger partial charge in [-0.05, 0) is 79.3 Å². The Morgan fingerprint density at radius 2 is 2.00 bits per heavy atom. The van der Waals surface area contributed by atoms with Gasteiger partial charge in [0.05, 0.1) is 17.3 Å². The van der Waals surface area contributed by atoms with Crippen LogP contribution in [-0.2, 0) is 22.6 Å². The van der Waals surface area contributed by atoms with Gasteiger partial charge in [0.1, 0.15) is 24.0 Å². The van der Waals surface area contributed by atoms with E-state index in [1.807, 2.05) is 39.2 Å². The number of fused-ring (bicyclic) bond motifs is 1. The van der Waals surface area contributed by atoms with Gasteiger partial charge in [-0.1, -0.05) is 19.6 Å². The van der Waals surface area contributed by atoms with Crippen LogP contribution >= 0.6 is 15.9 Å². The first-order valence-corrected chi connectivity index (χ1v) is 17.1. The fraction of sp³-hybridized carbons (Fsp3) is 0.481. The number of hydrogen-bond donors (Lipinski definition) is 1. The Morgan fingerprint density at radius 1 is 1.22 bits per heavy atom. The molecule has 1 amide bonds. The molecule has 8 nitrogen and oxygen atoms in total. The van der Waals surface area contributed by atoms with Gasteiger partial charge in [-0.15, -0.1) is 0 Å². The van der Waals surface area contributed by atoms with Crippen molar-refractivity contribution in [2.45, 2.75) is 77.5 Å². The van der Waals surface area contributed by atoms with Crippen molar-refractivity contribution >= 4 is 35.9 Å². The summed E-state index contributed by atoms with van der Waals surface area (Å²) in [6.07, 6.45) is 7.00. The molecule has 37 heavy (non-hydrogen) atoms. The van der Waals surface area contributed by atoms with E-state index in [4.69, 9.17) is 19.4 Å². The molecule has 1 N–H and O–H groups in total. The first kappa shape index (κ1) is 27.5. The molecule has 4 rings (SSSR count). The SMILES string of the molecule is CC(C)(C)OC(=O)Nc1ccc(-c2cn(COCC[Si](C)(C)C)c(C3CCc4cc(Br)cnc43)n2)cn1. The highest BCUT2D eigenvalue weighted by molar-refractivity contribution is 9.10. The highest BCUT2D eigenvalue weighted by Gasteiger charge is 2.30. The molecular formula is C27H36BrN5O3Si. The molecule has 0 radical (unpaired) electrons. The van der Waals surface area contributed by atoms with Crippen molar-refractivity contribution < 1.29 is 14.3 Å². The van der Waals surface area contributed by atoms with Crippen LogP contribution in [0.5, 0.6) is 0 Å². The molecule has 3 aromatic rings. The van der Waals surface area contributed by atoms with Crippen molar-refractivity contribution in [1.29, 1.82) is 0 Å². The maximum absolute atomic E-state index is 12.1. The van der Waals surface area contributed by atoms with E-state index in [1.54, 1.807) is 12.3 Å². The van der Waals surface area contributed by atoms with Crippen LogP contribution in [0.25, 0.3) is 11.3 Å². The molecule has 1 atom stereocenters. The second-order valence-corrected chi connectivity index (χ2v) is 18.2. The molecule has 0 spiro atoms. The summed E-state index contributed by atoms with van der Waals surface area (Å²) in [7, 11) is -1.18. The van der Waals surface area contributed by atoms with Gasteiger partial charge in [-0.2, -0.15) is 0 Å².